The summed E-state index contributed by atoms with van der Waals surface area (Å²) in [6.45, 7) is 4.64. The number of nitrogens with two attached hydrogens (primary N) is 2. The molecule has 10 heteroatoms. The topological polar surface area (TPSA) is 138 Å². The van der Waals surface area contributed by atoms with E-state index in [1.54, 1.807) is 7.05 Å². The fraction of sp³-hybridized carbons (Fsp3) is 0.250. The van der Waals surface area contributed by atoms with Crippen molar-refractivity contribution in [2.45, 2.75) is 32.4 Å². The van der Waals surface area contributed by atoms with E-state index in [4.69, 9.17) is 21.7 Å². The standard InChI is InChI=1S/C32H37N9O/c1-3-17-41(32(42)35-2)26-15-18-40(19-16-26)21-22-9-11-24(12-10-22)30-29(23-7-5-4-6-8-23)36-27-14-13-25(20-28(27)37-30)31(38-33)39-34/h3-14,17,20,26H,15-16,18-19,21,33-34H2,1-2H3,(H,35,42)(H,38,39)/b17-3+. The minimum Gasteiger partial charge on any atom is -0.341 e. The number of fused-ring (bicyclic) bond motifs is 1. The summed E-state index contributed by atoms with van der Waals surface area (Å²) >= 11 is 0. The van der Waals surface area contributed by atoms with Crippen LogP contribution in [0.5, 0.6) is 0 Å². The Labute approximate surface area is 246 Å². The number of hydrogen-bond acceptors (Lipinski definition) is 7. The van der Waals surface area contributed by atoms with Crippen molar-refractivity contribution in [1.82, 2.24) is 30.5 Å². The minimum absolute atomic E-state index is 0.0611. The predicted molar refractivity (Wildman–Crippen MR) is 168 cm³/mol. The van der Waals surface area contributed by atoms with E-state index in [0.29, 0.717) is 11.4 Å². The molecular weight excluding hydrogens is 526 g/mol. The van der Waals surface area contributed by atoms with E-state index in [-0.39, 0.29) is 12.1 Å². The van der Waals surface area contributed by atoms with E-state index >= 15 is 0 Å². The van der Waals surface area contributed by atoms with Crippen LogP contribution in [0, 0.1) is 0 Å². The lowest BCUT2D eigenvalue weighted by atomic mass is 10.0. The summed E-state index contributed by atoms with van der Waals surface area (Å²) in [4.78, 5) is 26.6. The first kappa shape index (κ1) is 28.7. The van der Waals surface area contributed by atoms with Crippen molar-refractivity contribution in [3.8, 4) is 22.5 Å². The number of hydrazine groups is 1. The van der Waals surface area contributed by atoms with E-state index in [2.05, 4.69) is 45.0 Å². The highest BCUT2D eigenvalue weighted by molar-refractivity contribution is 6.01. The minimum atomic E-state index is -0.0611. The van der Waals surface area contributed by atoms with Gasteiger partial charge in [-0.05, 0) is 43.5 Å². The molecule has 2 heterocycles. The number of carbonyl (C=O) groups excluding carboxylic acids is 1. The maximum Gasteiger partial charge on any atom is 0.321 e. The summed E-state index contributed by atoms with van der Waals surface area (Å²) in [6, 6.07) is 24.4. The Hall–Kier alpha value is -4.80. The molecule has 1 fully saturated rings. The van der Waals surface area contributed by atoms with Crippen LogP contribution in [-0.4, -0.2) is 57.8 Å². The third-order valence-electron chi connectivity index (χ3n) is 7.59. The van der Waals surface area contributed by atoms with Crippen molar-refractivity contribution in [2.75, 3.05) is 20.1 Å². The van der Waals surface area contributed by atoms with Gasteiger partial charge < -0.3 is 16.6 Å². The number of nitrogens with zero attached hydrogens (tertiary/aromatic N) is 5. The second-order valence-corrected chi connectivity index (χ2v) is 10.3. The van der Waals surface area contributed by atoms with Crippen LogP contribution >= 0.6 is 0 Å². The van der Waals surface area contributed by atoms with Gasteiger partial charge >= 0.3 is 6.03 Å². The summed E-state index contributed by atoms with van der Waals surface area (Å²) in [5, 5.41) is 6.47. The van der Waals surface area contributed by atoms with Crippen molar-refractivity contribution < 1.29 is 4.79 Å². The Morgan fingerprint density at radius 3 is 2.29 bits per heavy atom. The van der Waals surface area contributed by atoms with Crippen LogP contribution in [-0.2, 0) is 6.54 Å². The van der Waals surface area contributed by atoms with Gasteiger partial charge in [0.1, 0.15) is 0 Å². The summed E-state index contributed by atoms with van der Waals surface area (Å²) in [7, 11) is 1.67. The van der Waals surface area contributed by atoms with Gasteiger partial charge in [0.25, 0.3) is 0 Å². The molecule has 42 heavy (non-hydrogen) atoms. The molecule has 10 nitrogen and oxygen atoms in total. The van der Waals surface area contributed by atoms with Crippen molar-refractivity contribution in [1.29, 1.82) is 0 Å². The van der Waals surface area contributed by atoms with Crippen molar-refractivity contribution in [3.05, 3.63) is 96.2 Å². The number of amides is 2. The van der Waals surface area contributed by atoms with Crippen LogP contribution < -0.4 is 22.4 Å². The quantitative estimate of drug-likeness (QED) is 0.115. The van der Waals surface area contributed by atoms with E-state index in [9.17, 15) is 4.79 Å². The zero-order chi connectivity index (χ0) is 29.5. The molecule has 0 spiro atoms. The maximum absolute atomic E-state index is 12.3. The Balaban J connectivity index is 1.38. The van der Waals surface area contributed by atoms with Crippen LogP contribution in [0.3, 0.4) is 0 Å². The molecule has 2 amide bonds. The average molecular weight is 564 g/mol. The molecule has 6 N–H and O–H groups in total. The van der Waals surface area contributed by atoms with Gasteiger partial charge in [0.2, 0.25) is 0 Å². The number of nitrogens with one attached hydrogen (secondary N) is 2. The van der Waals surface area contributed by atoms with Gasteiger partial charge in [0.15, 0.2) is 5.84 Å². The molecule has 1 aliphatic heterocycles. The van der Waals surface area contributed by atoms with Crippen molar-refractivity contribution in [3.63, 3.8) is 0 Å². The van der Waals surface area contributed by atoms with Crippen molar-refractivity contribution >= 4 is 22.9 Å². The molecule has 0 atom stereocenters. The van der Waals surface area contributed by atoms with Crippen LogP contribution in [0.1, 0.15) is 30.9 Å². The molecule has 1 aromatic heterocycles. The largest absolute Gasteiger partial charge is 0.341 e. The molecule has 1 saturated heterocycles. The molecule has 0 unspecified atom stereocenters. The smallest absolute Gasteiger partial charge is 0.321 e. The molecule has 0 radical (unpaired) electrons. The second kappa shape index (κ2) is 13.2. The summed E-state index contributed by atoms with van der Waals surface area (Å²) in [5.74, 6) is 11.5. The number of amidine groups is 1. The third kappa shape index (κ3) is 6.24. The molecular formula is C32H37N9O. The number of hydrazone groups is 1. The van der Waals surface area contributed by atoms with Gasteiger partial charge in [-0.25, -0.2) is 20.6 Å². The van der Waals surface area contributed by atoms with Crippen LogP contribution in [0.4, 0.5) is 4.79 Å². The molecule has 0 bridgehead atoms. The Morgan fingerprint density at radius 1 is 1.00 bits per heavy atom. The van der Waals surface area contributed by atoms with Gasteiger partial charge in [0.05, 0.1) is 22.4 Å². The lowest BCUT2D eigenvalue weighted by molar-refractivity contribution is 0.141. The maximum atomic E-state index is 12.3. The Bertz CT molecular complexity index is 1580. The number of hydrogen-bond donors (Lipinski definition) is 4. The zero-order valence-corrected chi connectivity index (χ0v) is 24.0. The monoisotopic (exact) mass is 563 g/mol. The lowest BCUT2D eigenvalue weighted by Crippen LogP contribution is -2.47. The lowest BCUT2D eigenvalue weighted by Gasteiger charge is -2.36. The Morgan fingerprint density at radius 2 is 1.67 bits per heavy atom. The summed E-state index contributed by atoms with van der Waals surface area (Å²) < 4.78 is 0. The molecule has 3 aromatic carbocycles. The van der Waals surface area contributed by atoms with Crippen molar-refractivity contribution in [2.24, 2.45) is 16.8 Å². The van der Waals surface area contributed by atoms with Crippen LogP contribution in [0.25, 0.3) is 33.5 Å². The summed E-state index contributed by atoms with van der Waals surface area (Å²) in [6.07, 6.45) is 5.65. The number of aromatic nitrogens is 2. The highest BCUT2D eigenvalue weighted by Gasteiger charge is 2.26. The fourth-order valence-electron chi connectivity index (χ4n) is 5.42. The summed E-state index contributed by atoms with van der Waals surface area (Å²) in [5.41, 5.74) is 9.54. The number of rotatable bonds is 7. The van der Waals surface area contributed by atoms with Gasteiger partial charge in [-0.2, -0.15) is 5.10 Å². The average Bonchev–Trinajstić information content (AvgIpc) is 3.04. The fourth-order valence-corrected chi connectivity index (χ4v) is 5.42. The first-order valence-corrected chi connectivity index (χ1v) is 14.1. The number of allylic oxidation sites excluding steroid dienone is 1. The molecule has 216 valence electrons. The van der Waals surface area contributed by atoms with E-state index in [1.807, 2.05) is 72.6 Å². The van der Waals surface area contributed by atoms with Crippen LogP contribution in [0.2, 0.25) is 0 Å². The highest BCUT2D eigenvalue weighted by atomic mass is 16.2. The number of urea groups is 1. The molecule has 0 saturated carbocycles. The predicted octanol–water partition coefficient (Wildman–Crippen LogP) is 4.19. The third-order valence-corrected chi connectivity index (χ3v) is 7.59. The second-order valence-electron chi connectivity index (χ2n) is 10.3. The first-order chi connectivity index (χ1) is 20.5. The van der Waals surface area contributed by atoms with Gasteiger partial charge in [-0.15, -0.1) is 0 Å². The number of benzene rings is 3. The van der Waals surface area contributed by atoms with Gasteiger partial charge in [-0.3, -0.25) is 9.80 Å². The van der Waals surface area contributed by atoms with Crippen LogP contribution in [0.15, 0.2) is 90.2 Å². The molecule has 5 rings (SSSR count). The van der Waals surface area contributed by atoms with E-state index in [1.165, 1.54) is 5.56 Å². The number of likely N-dealkylation sites (tertiary alicyclic amines) is 1. The normalized spacial score (nSPS) is 14.8. The molecule has 1 aliphatic rings. The number of piperidine rings is 1. The number of carbonyl (C=O) groups is 1. The highest BCUT2D eigenvalue weighted by Crippen LogP contribution is 2.31. The Kier molecular flexibility index (Phi) is 9.05. The zero-order valence-electron chi connectivity index (χ0n) is 24.0. The first-order valence-electron chi connectivity index (χ1n) is 14.1. The SMILES string of the molecule is C/C=C/N(C(=O)NC)C1CCN(Cc2ccc(-c3nc4cc(/C(=N/N)NN)ccc4nc3-c3ccccc3)cc2)CC1. The van der Waals surface area contributed by atoms with E-state index in [0.717, 1.165) is 66.1 Å². The van der Waals surface area contributed by atoms with Gasteiger partial charge in [0, 0.05) is 55.6 Å². The molecule has 4 aromatic rings. The van der Waals surface area contributed by atoms with E-state index < -0.39 is 0 Å². The molecule has 0 aliphatic carbocycles. The van der Waals surface area contributed by atoms with Gasteiger partial charge in [-0.1, -0.05) is 60.7 Å².